The number of carboxylic acids is 1. The number of rotatable bonds is 59. The molecule has 1 N–H and O–H groups in total. The molecule has 0 saturated heterocycles. The van der Waals surface area contributed by atoms with Crippen molar-refractivity contribution in [3.63, 3.8) is 0 Å². The van der Waals surface area contributed by atoms with E-state index in [2.05, 4.69) is 98.9 Å². The smallest absolute Gasteiger partial charge is 0.361 e. The number of ether oxygens (including phenoxy) is 4. The number of esters is 2. The van der Waals surface area contributed by atoms with E-state index >= 15 is 0 Å². The molecule has 0 aromatic rings. The summed E-state index contributed by atoms with van der Waals surface area (Å²) in [6, 6.07) is 0. The van der Waals surface area contributed by atoms with Gasteiger partial charge in [0.05, 0.1) is 34.4 Å². The molecule has 0 rings (SSSR count). The first-order chi connectivity index (χ1) is 38.1. The number of carbonyl (C=O) groups excluding carboxylic acids is 2. The summed E-state index contributed by atoms with van der Waals surface area (Å²) >= 11 is 0. The van der Waals surface area contributed by atoms with Gasteiger partial charge in [-0.1, -0.05) is 279 Å². The fraction of sp³-hybridized carbons (Fsp3) is 0.754. The lowest BCUT2D eigenvalue weighted by Crippen LogP contribution is -2.40. The van der Waals surface area contributed by atoms with E-state index in [0.29, 0.717) is 23.9 Å². The zero-order valence-corrected chi connectivity index (χ0v) is 51.3. The highest BCUT2D eigenvalue weighted by Gasteiger charge is 2.25. The van der Waals surface area contributed by atoms with E-state index < -0.39 is 24.3 Å². The fourth-order valence-electron chi connectivity index (χ4n) is 9.00. The lowest BCUT2D eigenvalue weighted by molar-refractivity contribution is -0.870. The molecule has 0 aliphatic heterocycles. The number of nitrogens with zero attached hydrogens (tertiary/aromatic N) is 1. The maximum atomic E-state index is 12.9. The minimum absolute atomic E-state index is 0.184. The van der Waals surface area contributed by atoms with E-state index in [4.69, 9.17) is 18.9 Å². The zero-order valence-electron chi connectivity index (χ0n) is 51.3. The summed E-state index contributed by atoms with van der Waals surface area (Å²) in [6.45, 7) is 4.79. The van der Waals surface area contributed by atoms with Crippen LogP contribution in [-0.2, 0) is 33.3 Å². The molecule has 78 heavy (non-hydrogen) atoms. The number of quaternary nitrogens is 1. The average molecular weight is 1090 g/mol. The molecular formula is C69H122NO8+. The first-order valence-electron chi connectivity index (χ1n) is 32.3. The second-order valence-electron chi connectivity index (χ2n) is 22.7. The molecule has 0 aromatic carbocycles. The Labute approximate surface area is 480 Å². The standard InChI is InChI=1S/C69H121NO8/c1-6-8-10-12-14-16-18-20-22-24-26-28-30-31-32-33-34-35-36-37-38-40-42-44-46-48-50-52-54-56-58-60-67(72)78-65(64-77-69(68(73)74)75-62-61-70(3,4)5)63-76-66(71)59-57-55-53-51-49-47-45-43-41-39-29-27-25-23-21-19-17-15-13-11-9-7-2/h8,10,14,16,20,22,26,28,31-32,34-35,37-38,65,69H,6-7,9,11-13,15,17-19,21,23-25,27,29-30,33,36,39-64H2,1-5H3/p+1/b10-8-,16-14-,22-20-,28-26-,32-31-,35-34-,38-37-. The van der Waals surface area contributed by atoms with Gasteiger partial charge in [0.15, 0.2) is 6.10 Å². The van der Waals surface area contributed by atoms with Gasteiger partial charge in [-0.3, -0.25) is 9.59 Å². The van der Waals surface area contributed by atoms with Gasteiger partial charge < -0.3 is 28.5 Å². The van der Waals surface area contributed by atoms with Crippen LogP contribution in [0.4, 0.5) is 0 Å². The lowest BCUT2D eigenvalue weighted by Gasteiger charge is -2.25. The number of likely N-dealkylation sites (N-methyl/N-ethyl adjacent to an activating group) is 1. The fourth-order valence-corrected chi connectivity index (χ4v) is 9.00. The number of unbranched alkanes of at least 4 members (excludes halogenated alkanes) is 30. The van der Waals surface area contributed by atoms with E-state index in [1.807, 2.05) is 21.1 Å². The van der Waals surface area contributed by atoms with Crippen LogP contribution >= 0.6 is 0 Å². The molecule has 0 aliphatic rings. The van der Waals surface area contributed by atoms with E-state index in [1.54, 1.807) is 0 Å². The number of hydrogen-bond acceptors (Lipinski definition) is 7. The summed E-state index contributed by atoms with van der Waals surface area (Å²) in [4.78, 5) is 37.5. The van der Waals surface area contributed by atoms with Crippen molar-refractivity contribution in [2.75, 3.05) is 47.5 Å². The molecule has 0 spiro atoms. The van der Waals surface area contributed by atoms with Crippen LogP contribution < -0.4 is 0 Å². The zero-order chi connectivity index (χ0) is 56.9. The van der Waals surface area contributed by atoms with Crippen molar-refractivity contribution in [3.05, 3.63) is 85.1 Å². The van der Waals surface area contributed by atoms with Crippen LogP contribution in [0, 0.1) is 0 Å². The Morgan fingerprint density at radius 2 is 0.731 bits per heavy atom. The van der Waals surface area contributed by atoms with Crippen LogP contribution in [0.15, 0.2) is 85.1 Å². The molecule has 9 nitrogen and oxygen atoms in total. The maximum absolute atomic E-state index is 12.9. The molecule has 0 aliphatic carbocycles. The third-order valence-electron chi connectivity index (χ3n) is 13.9. The summed E-state index contributed by atoms with van der Waals surface area (Å²) in [6.07, 6.45) is 76.7. The number of allylic oxidation sites excluding steroid dienone is 14. The Balaban J connectivity index is 4.20. The van der Waals surface area contributed by atoms with Gasteiger partial charge in [-0.15, -0.1) is 0 Å². The molecule has 2 unspecified atom stereocenters. The van der Waals surface area contributed by atoms with Crippen molar-refractivity contribution in [1.82, 2.24) is 0 Å². The van der Waals surface area contributed by atoms with Crippen molar-refractivity contribution in [2.24, 2.45) is 0 Å². The van der Waals surface area contributed by atoms with Gasteiger partial charge in [-0.05, 0) is 70.6 Å². The van der Waals surface area contributed by atoms with Crippen LogP contribution in [0.3, 0.4) is 0 Å². The highest BCUT2D eigenvalue weighted by Crippen LogP contribution is 2.17. The summed E-state index contributed by atoms with van der Waals surface area (Å²) in [5.74, 6) is -2.00. The van der Waals surface area contributed by atoms with Crippen molar-refractivity contribution in [1.29, 1.82) is 0 Å². The minimum atomic E-state index is -1.51. The van der Waals surface area contributed by atoms with Crippen molar-refractivity contribution >= 4 is 17.9 Å². The molecule has 0 fully saturated rings. The van der Waals surface area contributed by atoms with Gasteiger partial charge in [0.1, 0.15) is 13.2 Å². The predicted octanol–water partition coefficient (Wildman–Crippen LogP) is 19.5. The Kier molecular flexibility index (Phi) is 56.9. The van der Waals surface area contributed by atoms with Crippen molar-refractivity contribution in [3.8, 4) is 0 Å². The third-order valence-corrected chi connectivity index (χ3v) is 13.9. The summed E-state index contributed by atoms with van der Waals surface area (Å²) in [5.41, 5.74) is 0. The SMILES string of the molecule is CC/C=C\C/C=C\C/C=C\C/C=C\C/C=C\C/C=C\C/C=C\CCCCCCCCCCCC(=O)OC(COC(=O)CCCCCCCCCCCCCCCCCCCCCCCC)COC(OCC[N+](C)(C)C)C(=O)O. The van der Waals surface area contributed by atoms with Crippen LogP contribution in [0.2, 0.25) is 0 Å². The van der Waals surface area contributed by atoms with Gasteiger partial charge in [-0.2, -0.15) is 0 Å². The largest absolute Gasteiger partial charge is 0.477 e. The topological polar surface area (TPSA) is 108 Å². The highest BCUT2D eigenvalue weighted by molar-refractivity contribution is 5.71. The molecule has 0 heterocycles. The summed E-state index contributed by atoms with van der Waals surface area (Å²) in [7, 11) is 5.97. The molecule has 9 heteroatoms. The summed E-state index contributed by atoms with van der Waals surface area (Å²) in [5, 5.41) is 9.73. The second-order valence-corrected chi connectivity index (χ2v) is 22.7. The Hall–Kier alpha value is -3.53. The quantitative estimate of drug-likeness (QED) is 0.0211. The number of hydrogen-bond donors (Lipinski definition) is 1. The Bertz CT molecular complexity index is 1550. The monoisotopic (exact) mass is 1090 g/mol. The number of carboxylic acid groups (broad SMARTS) is 1. The summed E-state index contributed by atoms with van der Waals surface area (Å²) < 4.78 is 22.9. The molecular weight excluding hydrogens is 971 g/mol. The average Bonchev–Trinajstić information content (AvgIpc) is 3.41. The molecule has 450 valence electrons. The number of carbonyl (C=O) groups is 3. The Morgan fingerprint density at radius 3 is 1.09 bits per heavy atom. The van der Waals surface area contributed by atoms with Gasteiger partial charge in [-0.25, -0.2) is 4.79 Å². The van der Waals surface area contributed by atoms with Gasteiger partial charge >= 0.3 is 17.9 Å². The number of aliphatic carboxylic acids is 1. The van der Waals surface area contributed by atoms with Crippen molar-refractivity contribution in [2.45, 2.75) is 289 Å². The molecule has 0 amide bonds. The van der Waals surface area contributed by atoms with E-state index in [0.717, 1.165) is 89.9 Å². The normalized spacial score (nSPS) is 13.3. The van der Waals surface area contributed by atoms with Gasteiger partial charge in [0.25, 0.3) is 6.29 Å². The van der Waals surface area contributed by atoms with E-state index in [1.165, 1.54) is 154 Å². The maximum Gasteiger partial charge on any atom is 0.361 e. The predicted molar refractivity (Wildman–Crippen MR) is 332 cm³/mol. The van der Waals surface area contributed by atoms with Gasteiger partial charge in [0, 0.05) is 12.8 Å². The minimum Gasteiger partial charge on any atom is -0.477 e. The molecule has 0 radical (unpaired) electrons. The van der Waals surface area contributed by atoms with Crippen LogP contribution in [0.5, 0.6) is 0 Å². The first-order valence-corrected chi connectivity index (χ1v) is 32.3. The van der Waals surface area contributed by atoms with Crippen LogP contribution in [-0.4, -0.2) is 87.4 Å². The second kappa shape index (κ2) is 59.6. The molecule has 0 aromatic heterocycles. The van der Waals surface area contributed by atoms with E-state index in [-0.39, 0.29) is 32.2 Å². The molecule has 0 bridgehead atoms. The van der Waals surface area contributed by atoms with Gasteiger partial charge in [0.2, 0.25) is 0 Å². The third kappa shape index (κ3) is 60.1. The first kappa shape index (κ1) is 74.5. The van der Waals surface area contributed by atoms with E-state index in [9.17, 15) is 19.5 Å². The van der Waals surface area contributed by atoms with Crippen molar-refractivity contribution < 1.29 is 42.9 Å². The lowest BCUT2D eigenvalue weighted by atomic mass is 10.0. The molecule has 2 atom stereocenters. The highest BCUT2D eigenvalue weighted by atomic mass is 16.7. The molecule has 0 saturated carbocycles. The van der Waals surface area contributed by atoms with Crippen LogP contribution in [0.25, 0.3) is 0 Å². The Morgan fingerprint density at radius 1 is 0.397 bits per heavy atom. The van der Waals surface area contributed by atoms with Crippen LogP contribution in [0.1, 0.15) is 277 Å².